The minimum Gasteiger partial charge on any atom is -0.454 e. The van der Waals surface area contributed by atoms with Crippen molar-refractivity contribution in [2.24, 2.45) is 7.05 Å². The van der Waals surface area contributed by atoms with Crippen LogP contribution >= 0.6 is 11.6 Å². The molecular formula is C19H16ClN3O4. The van der Waals surface area contributed by atoms with Crippen LogP contribution in [-0.4, -0.2) is 22.1 Å². The number of amides is 1. The zero-order valence-corrected chi connectivity index (χ0v) is 15.4. The lowest BCUT2D eigenvalue weighted by Gasteiger charge is -2.07. The van der Waals surface area contributed by atoms with E-state index >= 15 is 0 Å². The normalized spacial score (nSPS) is 12.3. The Morgan fingerprint density at radius 2 is 1.93 bits per heavy atom. The first-order valence-corrected chi connectivity index (χ1v) is 8.59. The van der Waals surface area contributed by atoms with Gasteiger partial charge in [0.2, 0.25) is 6.79 Å². The number of ether oxygens (including phenoxy) is 2. The summed E-state index contributed by atoms with van der Waals surface area (Å²) in [6.07, 6.45) is 0. The molecule has 1 amide bonds. The van der Waals surface area contributed by atoms with Crippen LogP contribution < -0.4 is 20.3 Å². The van der Waals surface area contributed by atoms with Crippen molar-refractivity contribution >= 4 is 23.2 Å². The second kappa shape index (κ2) is 6.51. The number of hydrogen-bond donors (Lipinski definition) is 1. The van der Waals surface area contributed by atoms with Crippen LogP contribution in [0.3, 0.4) is 0 Å². The summed E-state index contributed by atoms with van der Waals surface area (Å²) in [6.45, 7) is 1.82. The van der Waals surface area contributed by atoms with Gasteiger partial charge >= 0.3 is 0 Å². The molecule has 2 aromatic carbocycles. The molecule has 3 aromatic rings. The smallest absolute Gasteiger partial charge is 0.295 e. The number of rotatable bonds is 3. The predicted molar refractivity (Wildman–Crippen MR) is 101 cm³/mol. The van der Waals surface area contributed by atoms with Gasteiger partial charge in [-0.3, -0.25) is 14.3 Å². The summed E-state index contributed by atoms with van der Waals surface area (Å²) in [5.74, 6) is 0.357. The van der Waals surface area contributed by atoms with E-state index in [0.29, 0.717) is 22.9 Å². The molecule has 0 unspecified atom stereocenters. The molecule has 1 aromatic heterocycles. The molecule has 0 saturated carbocycles. The Hall–Kier alpha value is -3.19. The molecule has 0 saturated heterocycles. The molecule has 7 nitrogen and oxygen atoms in total. The summed E-state index contributed by atoms with van der Waals surface area (Å²) in [4.78, 5) is 25.6. The van der Waals surface area contributed by atoms with Gasteiger partial charge in [0.25, 0.3) is 11.5 Å². The van der Waals surface area contributed by atoms with Gasteiger partial charge in [-0.05, 0) is 31.2 Å². The van der Waals surface area contributed by atoms with E-state index in [2.05, 4.69) is 5.32 Å². The van der Waals surface area contributed by atoms with Crippen LogP contribution in [0.4, 0.5) is 5.69 Å². The molecule has 1 aliphatic heterocycles. The van der Waals surface area contributed by atoms with E-state index < -0.39 is 5.91 Å². The van der Waals surface area contributed by atoms with E-state index in [1.165, 1.54) is 16.8 Å². The highest BCUT2D eigenvalue weighted by atomic mass is 35.5. The summed E-state index contributed by atoms with van der Waals surface area (Å²) >= 11 is 6.14. The maximum Gasteiger partial charge on any atom is 0.295 e. The van der Waals surface area contributed by atoms with Crippen LogP contribution in [0.1, 0.15) is 16.1 Å². The van der Waals surface area contributed by atoms with Crippen LogP contribution in [0.15, 0.2) is 47.3 Å². The first-order valence-electron chi connectivity index (χ1n) is 8.22. The second-order valence-corrected chi connectivity index (χ2v) is 6.49. The minimum absolute atomic E-state index is 0.0553. The number of carbonyl (C=O) groups excluding carboxylic acids is 1. The van der Waals surface area contributed by atoms with Gasteiger partial charge in [-0.25, -0.2) is 4.68 Å². The summed E-state index contributed by atoms with van der Waals surface area (Å²) in [7, 11) is 1.76. The van der Waals surface area contributed by atoms with Crippen molar-refractivity contribution in [3.05, 3.63) is 69.1 Å². The number of nitrogens with zero attached hydrogens (tertiary/aromatic N) is 2. The molecular weight excluding hydrogens is 370 g/mol. The number of nitrogens with one attached hydrogen (secondary N) is 1. The first-order chi connectivity index (χ1) is 13.0. The highest BCUT2D eigenvalue weighted by Gasteiger charge is 2.23. The molecule has 0 fully saturated rings. The summed E-state index contributed by atoms with van der Waals surface area (Å²) in [6, 6.07) is 12.2. The van der Waals surface area contributed by atoms with Crippen LogP contribution in [0.5, 0.6) is 11.5 Å². The number of anilines is 1. The molecule has 0 atom stereocenters. The fourth-order valence-corrected chi connectivity index (χ4v) is 3.26. The maximum atomic E-state index is 12.9. The highest BCUT2D eigenvalue weighted by Crippen LogP contribution is 2.39. The third-order valence-corrected chi connectivity index (χ3v) is 4.76. The van der Waals surface area contributed by atoms with E-state index in [-0.39, 0.29) is 28.6 Å². The number of aromatic nitrogens is 2. The van der Waals surface area contributed by atoms with Crippen molar-refractivity contribution in [1.82, 2.24) is 9.36 Å². The number of para-hydroxylation sites is 1. The van der Waals surface area contributed by atoms with Crippen molar-refractivity contribution in [2.45, 2.75) is 6.92 Å². The van der Waals surface area contributed by atoms with Crippen LogP contribution in [0.25, 0.3) is 5.69 Å². The zero-order valence-electron chi connectivity index (χ0n) is 14.7. The molecule has 0 aliphatic carbocycles. The van der Waals surface area contributed by atoms with Crippen molar-refractivity contribution in [3.63, 3.8) is 0 Å². The van der Waals surface area contributed by atoms with Crippen molar-refractivity contribution in [1.29, 1.82) is 0 Å². The Morgan fingerprint density at radius 3 is 2.67 bits per heavy atom. The maximum absolute atomic E-state index is 12.9. The Morgan fingerprint density at radius 1 is 1.19 bits per heavy atom. The monoisotopic (exact) mass is 385 g/mol. The Labute approximate surface area is 159 Å². The lowest BCUT2D eigenvalue weighted by Crippen LogP contribution is -2.23. The average molecular weight is 386 g/mol. The molecule has 138 valence electrons. The van der Waals surface area contributed by atoms with Gasteiger partial charge in [0.05, 0.1) is 16.4 Å². The topological polar surface area (TPSA) is 74.5 Å². The highest BCUT2D eigenvalue weighted by molar-refractivity contribution is 6.32. The molecule has 1 N–H and O–H groups in total. The zero-order chi connectivity index (χ0) is 19.1. The summed E-state index contributed by atoms with van der Waals surface area (Å²) in [5, 5.41) is 2.98. The minimum atomic E-state index is -0.457. The number of benzene rings is 2. The molecule has 8 heteroatoms. The lowest BCUT2D eigenvalue weighted by atomic mass is 10.2. The number of halogens is 1. The Balaban J connectivity index is 1.71. The largest absolute Gasteiger partial charge is 0.454 e. The molecule has 1 aliphatic rings. The van der Waals surface area contributed by atoms with Crippen molar-refractivity contribution in [2.75, 3.05) is 12.1 Å². The molecule has 0 spiro atoms. The number of hydrogen-bond acceptors (Lipinski definition) is 4. The molecule has 0 bridgehead atoms. The lowest BCUT2D eigenvalue weighted by molar-refractivity contribution is 0.102. The molecule has 4 rings (SSSR count). The van der Waals surface area contributed by atoms with E-state index in [0.717, 1.165) is 0 Å². The summed E-state index contributed by atoms with van der Waals surface area (Å²) < 4.78 is 13.7. The van der Waals surface area contributed by atoms with Crippen LogP contribution in [0, 0.1) is 6.92 Å². The number of fused-ring (bicyclic) bond motifs is 1. The van der Waals surface area contributed by atoms with Crippen LogP contribution in [0.2, 0.25) is 5.02 Å². The molecule has 27 heavy (non-hydrogen) atoms. The fourth-order valence-electron chi connectivity index (χ4n) is 3.00. The van der Waals surface area contributed by atoms with Gasteiger partial charge in [0.1, 0.15) is 5.69 Å². The molecule has 0 radical (unpaired) electrons. The Bertz CT molecular complexity index is 1100. The SMILES string of the molecule is Cc1c(NC(=O)c2cc(Cl)c3c(c2)OCO3)c(=O)n(-c2ccccc2)n1C. The van der Waals surface area contributed by atoms with E-state index in [1.54, 1.807) is 18.7 Å². The second-order valence-electron chi connectivity index (χ2n) is 6.08. The average Bonchev–Trinajstić information content (AvgIpc) is 3.22. The summed E-state index contributed by atoms with van der Waals surface area (Å²) in [5.41, 5.74) is 1.50. The third-order valence-electron chi connectivity index (χ3n) is 4.48. The van der Waals surface area contributed by atoms with E-state index in [1.807, 2.05) is 30.3 Å². The van der Waals surface area contributed by atoms with Gasteiger partial charge < -0.3 is 14.8 Å². The number of carbonyl (C=O) groups is 1. The van der Waals surface area contributed by atoms with E-state index in [9.17, 15) is 9.59 Å². The fraction of sp³-hybridized carbons (Fsp3) is 0.158. The van der Waals surface area contributed by atoms with Gasteiger partial charge in [0, 0.05) is 12.6 Å². The van der Waals surface area contributed by atoms with Gasteiger partial charge in [0.15, 0.2) is 11.5 Å². The van der Waals surface area contributed by atoms with Gasteiger partial charge in [-0.15, -0.1) is 0 Å². The van der Waals surface area contributed by atoms with E-state index in [4.69, 9.17) is 21.1 Å². The van der Waals surface area contributed by atoms with Crippen LogP contribution in [-0.2, 0) is 7.05 Å². The van der Waals surface area contributed by atoms with Crippen molar-refractivity contribution < 1.29 is 14.3 Å². The first kappa shape index (κ1) is 17.2. The third kappa shape index (κ3) is 2.86. The van der Waals surface area contributed by atoms with Gasteiger partial charge in [-0.1, -0.05) is 29.8 Å². The molecule has 2 heterocycles. The van der Waals surface area contributed by atoms with Gasteiger partial charge in [-0.2, -0.15) is 0 Å². The van der Waals surface area contributed by atoms with Crippen molar-refractivity contribution in [3.8, 4) is 17.2 Å². The quantitative estimate of drug-likeness (QED) is 0.751. The Kier molecular flexibility index (Phi) is 4.16. The standard InChI is InChI=1S/C19H16ClN3O4/c1-11-16(19(25)23(22(11)2)13-6-4-3-5-7-13)21-18(24)12-8-14(20)17-15(9-12)26-10-27-17/h3-9H,10H2,1-2H3,(H,21,24). The predicted octanol–water partition coefficient (Wildman–Crippen LogP) is 3.12.